The summed E-state index contributed by atoms with van der Waals surface area (Å²) in [4.78, 5) is 15.1. The van der Waals surface area contributed by atoms with Crippen molar-refractivity contribution in [1.29, 1.82) is 0 Å². The Balaban J connectivity index is 2.46. The summed E-state index contributed by atoms with van der Waals surface area (Å²) >= 11 is 0. The maximum atomic E-state index is 12.7. The molecule has 0 saturated carbocycles. The Bertz CT molecular complexity index is 701. The monoisotopic (exact) mass is 340 g/mol. The second-order valence-corrected chi connectivity index (χ2v) is 7.15. The Hall–Kier alpha value is -1.87. The van der Waals surface area contributed by atoms with Crippen molar-refractivity contribution in [2.24, 2.45) is 11.7 Å². The minimum atomic E-state index is -0.631. The van der Waals surface area contributed by atoms with Gasteiger partial charge in [0, 0.05) is 0 Å². The van der Waals surface area contributed by atoms with E-state index >= 15 is 0 Å². The molecule has 0 aromatic heterocycles. The van der Waals surface area contributed by atoms with E-state index < -0.39 is 5.41 Å². The number of hydrogen-bond acceptors (Lipinski definition) is 2. The number of benzene rings is 2. The molecule has 25 heavy (non-hydrogen) atoms. The second kappa shape index (κ2) is 8.48. The van der Waals surface area contributed by atoms with Crippen LogP contribution in [0.5, 0.6) is 0 Å². The van der Waals surface area contributed by atoms with Crippen LogP contribution in [0.4, 0.5) is 0 Å². The summed E-state index contributed by atoms with van der Waals surface area (Å²) in [5.74, 6) is -0.0640. The molecule has 0 aliphatic rings. The van der Waals surface area contributed by atoms with Crippen LogP contribution in [-0.2, 0) is 10.2 Å². The lowest BCUT2D eigenvalue weighted by atomic mass is 9.67. The van der Waals surface area contributed by atoms with Crippen LogP contribution in [0.25, 0.3) is 10.8 Å². The van der Waals surface area contributed by atoms with Gasteiger partial charge in [-0.2, -0.15) is 0 Å². The Morgan fingerprint density at radius 2 is 1.72 bits per heavy atom. The third kappa shape index (κ3) is 3.87. The molecule has 0 saturated heterocycles. The topological polar surface area (TPSA) is 46.3 Å². The molecule has 3 nitrogen and oxygen atoms in total. The minimum Gasteiger partial charge on any atom is -0.369 e. The normalized spacial score (nSPS) is 14.2. The van der Waals surface area contributed by atoms with Crippen molar-refractivity contribution in [3.05, 3.63) is 48.0 Å². The summed E-state index contributed by atoms with van der Waals surface area (Å²) in [6, 6.07) is 14.5. The van der Waals surface area contributed by atoms with Crippen LogP contribution in [0.3, 0.4) is 0 Å². The highest BCUT2D eigenvalue weighted by atomic mass is 16.1. The van der Waals surface area contributed by atoms with E-state index in [-0.39, 0.29) is 11.8 Å². The van der Waals surface area contributed by atoms with Gasteiger partial charge in [0.25, 0.3) is 0 Å². The number of carbonyl (C=O) groups excluding carboxylic acids is 1. The number of rotatable bonds is 9. The predicted molar refractivity (Wildman–Crippen MR) is 107 cm³/mol. The van der Waals surface area contributed by atoms with Gasteiger partial charge in [0.05, 0.1) is 5.41 Å². The van der Waals surface area contributed by atoms with Crippen LogP contribution in [-0.4, -0.2) is 30.4 Å². The highest BCUT2D eigenvalue weighted by Crippen LogP contribution is 2.40. The SMILES string of the molecule is CCN(CC)CCCC(C(N)=O)(c1cccc2ccccc12)C(C)C. The lowest BCUT2D eigenvalue weighted by Crippen LogP contribution is -2.46. The summed E-state index contributed by atoms with van der Waals surface area (Å²) in [5, 5.41) is 2.30. The van der Waals surface area contributed by atoms with E-state index in [0.29, 0.717) is 0 Å². The van der Waals surface area contributed by atoms with Crippen LogP contribution in [0, 0.1) is 5.92 Å². The molecule has 0 bridgehead atoms. The molecule has 0 radical (unpaired) electrons. The Labute approximate surface area is 152 Å². The molecule has 0 aliphatic heterocycles. The molecule has 3 heteroatoms. The van der Waals surface area contributed by atoms with E-state index in [1.54, 1.807) is 0 Å². The van der Waals surface area contributed by atoms with Gasteiger partial charge >= 0.3 is 0 Å². The molecule has 0 aliphatic carbocycles. The number of nitrogens with two attached hydrogens (primary N) is 1. The van der Waals surface area contributed by atoms with Gasteiger partial charge in [-0.25, -0.2) is 0 Å². The quantitative estimate of drug-likeness (QED) is 0.738. The molecule has 0 spiro atoms. The summed E-state index contributed by atoms with van der Waals surface area (Å²) in [7, 11) is 0. The first-order valence-electron chi connectivity index (χ1n) is 9.47. The predicted octanol–water partition coefficient (Wildman–Crippen LogP) is 4.34. The Kier molecular flexibility index (Phi) is 6.60. The molecule has 0 fully saturated rings. The van der Waals surface area contributed by atoms with Gasteiger partial charge in [0.2, 0.25) is 5.91 Å². The number of nitrogens with zero attached hydrogens (tertiary/aromatic N) is 1. The van der Waals surface area contributed by atoms with Crippen molar-refractivity contribution < 1.29 is 4.79 Å². The third-order valence-electron chi connectivity index (χ3n) is 5.64. The van der Waals surface area contributed by atoms with Crippen LogP contribution in [0.2, 0.25) is 0 Å². The van der Waals surface area contributed by atoms with Crippen molar-refractivity contribution in [2.75, 3.05) is 19.6 Å². The Morgan fingerprint density at radius 3 is 2.32 bits per heavy atom. The highest BCUT2D eigenvalue weighted by Gasteiger charge is 2.42. The van der Waals surface area contributed by atoms with E-state index in [2.05, 4.69) is 56.9 Å². The van der Waals surface area contributed by atoms with Gasteiger partial charge in [0.1, 0.15) is 0 Å². The van der Waals surface area contributed by atoms with Crippen LogP contribution >= 0.6 is 0 Å². The van der Waals surface area contributed by atoms with Gasteiger partial charge in [-0.15, -0.1) is 0 Å². The lowest BCUT2D eigenvalue weighted by Gasteiger charge is -2.37. The minimum absolute atomic E-state index is 0.146. The van der Waals surface area contributed by atoms with Crippen molar-refractivity contribution >= 4 is 16.7 Å². The summed E-state index contributed by atoms with van der Waals surface area (Å²) in [6.45, 7) is 11.7. The molecule has 136 valence electrons. The molecule has 1 atom stereocenters. The maximum Gasteiger partial charge on any atom is 0.228 e. The number of carbonyl (C=O) groups is 1. The van der Waals surface area contributed by atoms with Gasteiger partial charge in [0.15, 0.2) is 0 Å². The van der Waals surface area contributed by atoms with Crippen LogP contribution < -0.4 is 5.73 Å². The number of fused-ring (bicyclic) bond motifs is 1. The largest absolute Gasteiger partial charge is 0.369 e. The van der Waals surface area contributed by atoms with Gasteiger partial charge in [-0.05, 0) is 54.7 Å². The fourth-order valence-electron chi connectivity index (χ4n) is 4.01. The first kappa shape index (κ1) is 19.5. The smallest absolute Gasteiger partial charge is 0.228 e. The van der Waals surface area contributed by atoms with E-state index in [1.807, 2.05) is 18.2 Å². The second-order valence-electron chi connectivity index (χ2n) is 7.15. The summed E-state index contributed by atoms with van der Waals surface area (Å²) < 4.78 is 0. The molecular weight excluding hydrogens is 308 g/mol. The van der Waals surface area contributed by atoms with Gasteiger partial charge in [-0.1, -0.05) is 70.2 Å². The molecule has 0 heterocycles. The standard InChI is InChI=1S/C22H32N2O/c1-5-24(6-2)16-10-15-22(17(3)4,21(23)25)20-14-9-12-18-11-7-8-13-19(18)20/h7-9,11-14,17H,5-6,10,15-16H2,1-4H3,(H2,23,25). The van der Waals surface area contributed by atoms with Crippen molar-refractivity contribution in [3.63, 3.8) is 0 Å². The van der Waals surface area contributed by atoms with Crippen molar-refractivity contribution in [3.8, 4) is 0 Å². The fourth-order valence-corrected chi connectivity index (χ4v) is 4.01. The average Bonchev–Trinajstić information content (AvgIpc) is 2.61. The van der Waals surface area contributed by atoms with Crippen LogP contribution in [0.15, 0.2) is 42.5 Å². The van der Waals surface area contributed by atoms with Crippen LogP contribution in [0.1, 0.15) is 46.1 Å². The first-order chi connectivity index (χ1) is 12.0. The van der Waals surface area contributed by atoms with E-state index in [9.17, 15) is 4.79 Å². The molecular formula is C22H32N2O. The zero-order chi connectivity index (χ0) is 18.4. The van der Waals surface area contributed by atoms with E-state index in [1.165, 1.54) is 0 Å². The zero-order valence-electron chi connectivity index (χ0n) is 16.1. The van der Waals surface area contributed by atoms with Crippen molar-refractivity contribution in [1.82, 2.24) is 4.90 Å². The maximum absolute atomic E-state index is 12.7. The van der Waals surface area contributed by atoms with E-state index in [4.69, 9.17) is 5.73 Å². The molecule has 2 N–H and O–H groups in total. The van der Waals surface area contributed by atoms with Crippen molar-refractivity contribution in [2.45, 2.75) is 46.0 Å². The molecule has 2 rings (SSSR count). The number of amides is 1. The average molecular weight is 341 g/mol. The first-order valence-corrected chi connectivity index (χ1v) is 9.47. The Morgan fingerprint density at radius 1 is 1.08 bits per heavy atom. The molecule has 2 aromatic rings. The zero-order valence-corrected chi connectivity index (χ0v) is 16.1. The third-order valence-corrected chi connectivity index (χ3v) is 5.64. The number of primary amides is 1. The lowest BCUT2D eigenvalue weighted by molar-refractivity contribution is -0.125. The molecule has 2 aromatic carbocycles. The fraction of sp³-hybridized carbons (Fsp3) is 0.500. The van der Waals surface area contributed by atoms with Gasteiger partial charge < -0.3 is 10.6 Å². The van der Waals surface area contributed by atoms with E-state index in [0.717, 1.165) is 48.8 Å². The summed E-state index contributed by atoms with van der Waals surface area (Å²) in [5.41, 5.74) is 6.47. The molecule has 1 amide bonds. The number of hydrogen-bond donors (Lipinski definition) is 1. The summed E-state index contributed by atoms with van der Waals surface area (Å²) in [6.07, 6.45) is 1.75. The van der Waals surface area contributed by atoms with Gasteiger partial charge in [-0.3, -0.25) is 4.79 Å². The highest BCUT2D eigenvalue weighted by molar-refractivity contribution is 5.95. The molecule has 1 unspecified atom stereocenters.